The highest BCUT2D eigenvalue weighted by Gasteiger charge is 2.40. The summed E-state index contributed by atoms with van der Waals surface area (Å²) in [7, 11) is -5.49. The van der Waals surface area contributed by atoms with Crippen LogP contribution in [-0.2, 0) is 48.9 Å². The Morgan fingerprint density at radius 1 is 0.385 bits per heavy atom. The zero-order valence-corrected chi connectivity index (χ0v) is 48.7. The van der Waals surface area contributed by atoms with Crippen LogP contribution in [0.1, 0.15) is 81.2 Å². The van der Waals surface area contributed by atoms with Gasteiger partial charge in [-0.25, -0.2) is 9.59 Å². The van der Waals surface area contributed by atoms with Gasteiger partial charge in [0.25, 0.3) is 0 Å². The van der Waals surface area contributed by atoms with Crippen LogP contribution in [-0.4, -0.2) is 95.7 Å². The minimum atomic E-state index is -2.74. The number of hydrogen-bond acceptors (Lipinski definition) is 12. The van der Waals surface area contributed by atoms with Gasteiger partial charge in [-0.3, -0.25) is 0 Å². The molecule has 0 fully saturated rings. The van der Waals surface area contributed by atoms with Crippen molar-refractivity contribution in [1.29, 1.82) is 0 Å². The van der Waals surface area contributed by atoms with Gasteiger partial charge < -0.3 is 56.5 Å². The van der Waals surface area contributed by atoms with Crippen LogP contribution in [0.5, 0.6) is 0 Å². The summed E-state index contributed by atoms with van der Waals surface area (Å²) < 4.78 is 46.5. The molecule has 0 saturated heterocycles. The van der Waals surface area contributed by atoms with Crippen molar-refractivity contribution in [3.63, 3.8) is 0 Å². The number of carbonyl (C=O) groups excluding carboxylic acids is 2. The average molecular weight is 1100 g/mol. The zero-order valence-electron chi connectivity index (χ0n) is 46.7. The highest BCUT2D eigenvalue weighted by Crippen LogP contribution is 2.38. The van der Waals surface area contributed by atoms with Gasteiger partial charge in [0.05, 0.1) is 13.2 Å². The summed E-state index contributed by atoms with van der Waals surface area (Å²) in [5.74, 6) is 0. The SMILES string of the molecule is CCO[Si](CCCNC(=O)OCCCc1ccc(N(c2ccccc2)c2ccc(-c3ccc(N(c4ccccc4)c4ccc(CCCOC(=O)NCCC[Si](OCC)(OCC)OCC)cc4)cc3)cc2)cc1)(OCC)OCC.[HH].[HH]. The van der Waals surface area contributed by atoms with Gasteiger partial charge in [-0.2, -0.15) is 0 Å². The van der Waals surface area contributed by atoms with Gasteiger partial charge in [0.15, 0.2) is 0 Å². The Morgan fingerprint density at radius 2 is 0.667 bits per heavy atom. The highest BCUT2D eigenvalue weighted by atomic mass is 28.4. The van der Waals surface area contributed by atoms with Crippen LogP contribution in [0.3, 0.4) is 0 Å². The van der Waals surface area contributed by atoms with Gasteiger partial charge in [-0.05, 0) is 175 Å². The molecule has 0 aliphatic rings. The summed E-state index contributed by atoms with van der Waals surface area (Å²) in [5, 5.41) is 5.71. The predicted molar refractivity (Wildman–Crippen MR) is 321 cm³/mol. The fourth-order valence-electron chi connectivity index (χ4n) is 9.26. The lowest BCUT2D eigenvalue weighted by atomic mass is 10.0. The number of ether oxygens (including phenoxy) is 2. The van der Waals surface area contributed by atoms with E-state index in [1.54, 1.807) is 0 Å². The number of para-hydroxylation sites is 2. The summed E-state index contributed by atoms with van der Waals surface area (Å²) in [6.07, 6.45) is 3.47. The van der Waals surface area contributed by atoms with E-state index >= 15 is 0 Å². The van der Waals surface area contributed by atoms with E-state index in [2.05, 4.69) is 166 Å². The first-order valence-corrected chi connectivity index (χ1v) is 31.8. The number of rotatable bonds is 35. The number of benzene rings is 6. The second-order valence-electron chi connectivity index (χ2n) is 18.3. The monoisotopic (exact) mass is 1100 g/mol. The maximum atomic E-state index is 12.5. The number of hydrogen-bond donors (Lipinski definition) is 2. The molecule has 0 unspecified atom stereocenters. The van der Waals surface area contributed by atoms with Gasteiger partial charge in [0.2, 0.25) is 0 Å². The van der Waals surface area contributed by atoms with Crippen molar-refractivity contribution in [2.24, 2.45) is 0 Å². The van der Waals surface area contributed by atoms with E-state index in [9.17, 15) is 9.59 Å². The number of aryl methyl sites for hydroxylation is 2. The molecule has 6 aromatic rings. The number of nitrogens with one attached hydrogen (secondary N) is 2. The first-order valence-electron chi connectivity index (χ1n) is 27.9. The first-order chi connectivity index (χ1) is 38.2. The molecule has 0 spiro atoms. The Hall–Kier alpha value is -6.35. The molecule has 78 heavy (non-hydrogen) atoms. The Morgan fingerprint density at radius 3 is 0.962 bits per heavy atom. The molecule has 0 aliphatic heterocycles. The average Bonchev–Trinajstić information content (AvgIpc) is 3.48. The molecule has 0 radical (unpaired) electrons. The van der Waals surface area contributed by atoms with Crippen molar-refractivity contribution in [2.75, 3.05) is 75.7 Å². The number of amides is 2. The summed E-state index contributed by atoms with van der Waals surface area (Å²) in [6, 6.07) is 56.6. The molecule has 0 bridgehead atoms. The molecule has 0 saturated carbocycles. The summed E-state index contributed by atoms with van der Waals surface area (Å²) in [5.41, 5.74) is 10.8. The number of nitrogens with zero attached hydrogens (tertiary/aromatic N) is 2. The molecule has 0 aliphatic carbocycles. The largest absolute Gasteiger partial charge is 0.500 e. The van der Waals surface area contributed by atoms with E-state index in [1.165, 1.54) is 0 Å². The Labute approximate surface area is 469 Å². The lowest BCUT2D eigenvalue weighted by Crippen LogP contribution is -2.46. The normalized spacial score (nSPS) is 11.5. The van der Waals surface area contributed by atoms with E-state index in [0.717, 1.165) is 69.2 Å². The van der Waals surface area contributed by atoms with Crippen LogP contribution in [0, 0.1) is 0 Å². The van der Waals surface area contributed by atoms with Gasteiger partial charge in [0, 0.05) is 102 Å². The minimum Gasteiger partial charge on any atom is -0.450 e. The van der Waals surface area contributed by atoms with E-state index in [4.69, 9.17) is 36.0 Å². The van der Waals surface area contributed by atoms with Crippen molar-refractivity contribution in [1.82, 2.24) is 10.6 Å². The van der Waals surface area contributed by atoms with Gasteiger partial charge in [-0.1, -0.05) is 84.9 Å². The third-order valence-corrected chi connectivity index (χ3v) is 19.0. The molecule has 0 aromatic heterocycles. The Bertz CT molecular complexity index is 2410. The molecule has 6 rings (SSSR count). The summed E-state index contributed by atoms with van der Waals surface area (Å²) in [6.45, 7) is 16.3. The van der Waals surface area contributed by atoms with Crippen molar-refractivity contribution in [3.8, 4) is 11.1 Å². The zero-order chi connectivity index (χ0) is 55.3. The second kappa shape index (κ2) is 33.2. The highest BCUT2D eigenvalue weighted by molar-refractivity contribution is 6.61. The van der Waals surface area contributed by atoms with E-state index in [0.29, 0.717) is 104 Å². The smallest absolute Gasteiger partial charge is 0.450 e. The summed E-state index contributed by atoms with van der Waals surface area (Å²) in [4.78, 5) is 29.4. The van der Waals surface area contributed by atoms with E-state index in [-0.39, 0.29) is 2.85 Å². The lowest BCUT2D eigenvalue weighted by Gasteiger charge is -2.28. The quantitative estimate of drug-likeness (QED) is 0.0289. The molecule has 422 valence electrons. The third-order valence-electron chi connectivity index (χ3n) is 12.7. The Kier molecular flexibility index (Phi) is 25.9. The van der Waals surface area contributed by atoms with Crippen molar-refractivity contribution in [3.05, 3.63) is 169 Å². The fraction of sp³-hybridized carbons (Fsp3) is 0.387. The topological polar surface area (TPSA) is 139 Å². The molecule has 0 heterocycles. The molecule has 16 heteroatoms. The predicted octanol–water partition coefficient (Wildman–Crippen LogP) is 15.0. The van der Waals surface area contributed by atoms with Crippen LogP contribution in [0.25, 0.3) is 11.1 Å². The number of anilines is 6. The van der Waals surface area contributed by atoms with Crippen molar-refractivity contribution in [2.45, 2.75) is 92.2 Å². The van der Waals surface area contributed by atoms with Crippen molar-refractivity contribution < 1.29 is 48.5 Å². The number of alkyl carbamates (subject to hydrolysis) is 2. The molecule has 2 N–H and O–H groups in total. The standard InChI is InChI=1S/C62H82N4O10Si2.2H2/c1-7-71-77(72-8-2,73-9-3)49-21-45-63-61(67)69-47-19-23-51-29-37-57(38-30-51)65(55-25-15-13-16-26-55)59-41-33-53(34-42-59)54-35-43-60(44-36-54)66(56-27-17-14-18-28-56)58-39-31-52(32-40-58)24-20-48-70-62(68)64-46-22-50-78(74-10-4,75-11-5)76-12-6;;/h13-18,25-44H,7-12,19-24,45-50H2,1-6H3,(H,63,67)(H,64,68);2*1H. The van der Waals surface area contributed by atoms with Crippen LogP contribution in [0.4, 0.5) is 43.7 Å². The van der Waals surface area contributed by atoms with Crippen molar-refractivity contribution >= 4 is 63.9 Å². The van der Waals surface area contributed by atoms with Gasteiger partial charge in [-0.15, -0.1) is 0 Å². The van der Waals surface area contributed by atoms with Gasteiger partial charge in [0.1, 0.15) is 0 Å². The fourth-order valence-corrected chi connectivity index (χ4v) is 14.5. The molecular formula is C62H86N4O10Si2. The van der Waals surface area contributed by atoms with E-state index in [1.807, 2.05) is 53.7 Å². The van der Waals surface area contributed by atoms with Gasteiger partial charge >= 0.3 is 29.8 Å². The molecule has 6 aromatic carbocycles. The van der Waals surface area contributed by atoms with Crippen LogP contribution >= 0.6 is 0 Å². The molecular weight excluding hydrogens is 1020 g/mol. The first kappa shape index (κ1) is 60.9. The molecule has 0 atom stereocenters. The van der Waals surface area contributed by atoms with E-state index < -0.39 is 29.8 Å². The summed E-state index contributed by atoms with van der Waals surface area (Å²) >= 11 is 0. The minimum absolute atomic E-state index is 0. The van der Waals surface area contributed by atoms with Crippen LogP contribution in [0.2, 0.25) is 12.1 Å². The third kappa shape index (κ3) is 18.9. The lowest BCUT2D eigenvalue weighted by molar-refractivity contribution is 0.0699. The molecule has 14 nitrogen and oxygen atoms in total. The van der Waals surface area contributed by atoms with Crippen LogP contribution < -0.4 is 20.4 Å². The number of carbonyl (C=O) groups is 2. The second-order valence-corrected chi connectivity index (χ2v) is 23.7. The molecule has 2 amide bonds. The van der Waals surface area contributed by atoms with Crippen LogP contribution in [0.15, 0.2) is 158 Å². The maximum absolute atomic E-state index is 12.5. The maximum Gasteiger partial charge on any atom is 0.500 e. The Balaban J connectivity index is 0.00000689.